The van der Waals surface area contributed by atoms with Crippen molar-refractivity contribution in [3.63, 3.8) is 0 Å². The number of hydrogen-bond donors (Lipinski definition) is 1. The molecule has 1 atom stereocenters. The van der Waals surface area contributed by atoms with Gasteiger partial charge in [-0.2, -0.15) is 5.10 Å². The predicted octanol–water partition coefficient (Wildman–Crippen LogP) is 4.47. The van der Waals surface area contributed by atoms with E-state index < -0.39 is 0 Å². The van der Waals surface area contributed by atoms with Gasteiger partial charge in [-0.25, -0.2) is 4.68 Å². The SMILES string of the molecule is CC1CC=CC=C1C(=O)N1CCc2cc(-n3cc(NC(=O)Cc4ccccc4)cn3)ccc21. The summed E-state index contributed by atoms with van der Waals surface area (Å²) in [7, 11) is 0. The molecule has 0 spiro atoms. The lowest BCUT2D eigenvalue weighted by Crippen LogP contribution is -2.32. The fourth-order valence-electron chi connectivity index (χ4n) is 4.44. The summed E-state index contributed by atoms with van der Waals surface area (Å²) in [4.78, 5) is 27.4. The summed E-state index contributed by atoms with van der Waals surface area (Å²) in [6.07, 6.45) is 11.5. The summed E-state index contributed by atoms with van der Waals surface area (Å²) in [5.74, 6) is 0.260. The third-order valence-corrected chi connectivity index (χ3v) is 6.22. The molecule has 6 nitrogen and oxygen atoms in total. The Balaban J connectivity index is 1.29. The summed E-state index contributed by atoms with van der Waals surface area (Å²) >= 11 is 0. The van der Waals surface area contributed by atoms with Gasteiger partial charge in [-0.05, 0) is 48.1 Å². The minimum Gasteiger partial charge on any atom is -0.323 e. The molecule has 3 aromatic rings. The van der Waals surface area contributed by atoms with E-state index in [0.29, 0.717) is 18.7 Å². The molecule has 1 aliphatic heterocycles. The lowest BCUT2D eigenvalue weighted by Gasteiger charge is -2.23. The van der Waals surface area contributed by atoms with Crippen LogP contribution >= 0.6 is 0 Å². The molecule has 0 saturated carbocycles. The topological polar surface area (TPSA) is 67.2 Å². The van der Waals surface area contributed by atoms with Gasteiger partial charge >= 0.3 is 0 Å². The van der Waals surface area contributed by atoms with Crippen molar-refractivity contribution >= 4 is 23.2 Å². The van der Waals surface area contributed by atoms with Crippen molar-refractivity contribution in [2.75, 3.05) is 16.8 Å². The molecule has 6 heteroatoms. The molecule has 2 aliphatic rings. The number of benzene rings is 2. The minimum absolute atomic E-state index is 0.0788. The molecule has 0 bridgehead atoms. The summed E-state index contributed by atoms with van der Waals surface area (Å²) in [6.45, 7) is 2.78. The normalized spacial score (nSPS) is 16.9. The Bertz CT molecular complexity index is 1260. The molecule has 2 heterocycles. The molecule has 1 aliphatic carbocycles. The summed E-state index contributed by atoms with van der Waals surface area (Å²) in [5.41, 5.74) is 5.49. The first-order valence-corrected chi connectivity index (χ1v) is 11.3. The first-order chi connectivity index (χ1) is 16.1. The number of carbonyl (C=O) groups excluding carboxylic acids is 2. The van der Waals surface area contributed by atoms with Gasteiger partial charge in [-0.15, -0.1) is 0 Å². The van der Waals surface area contributed by atoms with Crippen LogP contribution in [0.2, 0.25) is 0 Å². The molecule has 0 saturated heterocycles. The molecular formula is C27H26N4O2. The minimum atomic E-state index is -0.0788. The van der Waals surface area contributed by atoms with E-state index >= 15 is 0 Å². The van der Waals surface area contributed by atoms with E-state index in [2.05, 4.69) is 29.5 Å². The lowest BCUT2D eigenvalue weighted by molar-refractivity contribution is -0.116. The second-order valence-electron chi connectivity index (χ2n) is 8.59. The zero-order valence-corrected chi connectivity index (χ0v) is 18.6. The Labute approximate surface area is 193 Å². The van der Waals surface area contributed by atoms with Crippen molar-refractivity contribution in [3.05, 3.63) is 95.9 Å². The molecule has 166 valence electrons. The molecule has 0 fully saturated rings. The first kappa shape index (κ1) is 20.9. The van der Waals surface area contributed by atoms with E-state index in [1.807, 2.05) is 65.7 Å². The Morgan fingerprint density at radius 3 is 2.82 bits per heavy atom. The van der Waals surface area contributed by atoms with Crippen LogP contribution in [-0.4, -0.2) is 28.1 Å². The van der Waals surface area contributed by atoms with Gasteiger partial charge in [0.05, 0.1) is 30.2 Å². The van der Waals surface area contributed by atoms with Gasteiger partial charge in [0.1, 0.15) is 0 Å². The van der Waals surface area contributed by atoms with Gasteiger partial charge in [0, 0.05) is 17.8 Å². The maximum atomic E-state index is 13.1. The highest BCUT2D eigenvalue weighted by Gasteiger charge is 2.29. The van der Waals surface area contributed by atoms with Gasteiger partial charge in [-0.3, -0.25) is 9.59 Å². The summed E-state index contributed by atoms with van der Waals surface area (Å²) < 4.78 is 1.75. The first-order valence-electron chi connectivity index (χ1n) is 11.3. The van der Waals surface area contributed by atoms with Crippen LogP contribution in [0, 0.1) is 5.92 Å². The van der Waals surface area contributed by atoms with E-state index in [1.54, 1.807) is 10.9 Å². The highest BCUT2D eigenvalue weighted by Crippen LogP contribution is 2.33. The largest absolute Gasteiger partial charge is 0.323 e. The van der Waals surface area contributed by atoms with Crippen LogP contribution in [0.25, 0.3) is 5.69 Å². The number of amides is 2. The fourth-order valence-corrected chi connectivity index (χ4v) is 4.44. The number of carbonyl (C=O) groups is 2. The second-order valence-corrected chi connectivity index (χ2v) is 8.59. The van der Waals surface area contributed by atoms with Crippen LogP contribution < -0.4 is 10.2 Å². The van der Waals surface area contributed by atoms with E-state index in [0.717, 1.165) is 40.9 Å². The standard InChI is InChI=1S/C27H26N4O2/c1-19-7-5-6-10-24(19)27(33)30-14-13-21-16-23(11-12-25(21)30)31-18-22(17-28-31)29-26(32)15-20-8-3-2-4-9-20/h2-6,8-12,16-19H,7,13-15H2,1H3,(H,29,32). The number of nitrogens with zero attached hydrogens (tertiary/aromatic N) is 3. The van der Waals surface area contributed by atoms with Crippen LogP contribution in [-0.2, 0) is 22.4 Å². The predicted molar refractivity (Wildman–Crippen MR) is 129 cm³/mol. The maximum absolute atomic E-state index is 13.1. The molecular weight excluding hydrogens is 412 g/mol. The molecule has 1 N–H and O–H groups in total. The van der Waals surface area contributed by atoms with E-state index in [1.165, 1.54) is 0 Å². The van der Waals surface area contributed by atoms with Crippen molar-refractivity contribution < 1.29 is 9.59 Å². The van der Waals surface area contributed by atoms with Crippen molar-refractivity contribution in [2.45, 2.75) is 26.2 Å². The van der Waals surface area contributed by atoms with Gasteiger partial charge in [0.2, 0.25) is 5.91 Å². The molecule has 0 radical (unpaired) electrons. The zero-order chi connectivity index (χ0) is 22.8. The molecule has 1 aromatic heterocycles. The number of allylic oxidation sites excluding steroid dienone is 3. The summed E-state index contributed by atoms with van der Waals surface area (Å²) in [6, 6.07) is 15.7. The Morgan fingerprint density at radius 1 is 1.15 bits per heavy atom. The fraction of sp³-hybridized carbons (Fsp3) is 0.222. The molecule has 2 aromatic carbocycles. The van der Waals surface area contributed by atoms with Crippen LogP contribution in [0.1, 0.15) is 24.5 Å². The highest BCUT2D eigenvalue weighted by molar-refractivity contribution is 6.07. The van der Waals surface area contributed by atoms with Crippen molar-refractivity contribution in [2.24, 2.45) is 5.92 Å². The smallest absolute Gasteiger partial charge is 0.254 e. The average Bonchev–Trinajstić information content (AvgIpc) is 3.46. The maximum Gasteiger partial charge on any atom is 0.254 e. The molecule has 2 amide bonds. The van der Waals surface area contributed by atoms with Gasteiger partial charge in [0.25, 0.3) is 5.91 Å². The van der Waals surface area contributed by atoms with E-state index in [4.69, 9.17) is 0 Å². The van der Waals surface area contributed by atoms with Crippen molar-refractivity contribution in [1.82, 2.24) is 9.78 Å². The third kappa shape index (κ3) is 4.37. The number of fused-ring (bicyclic) bond motifs is 1. The van der Waals surface area contributed by atoms with E-state index in [-0.39, 0.29) is 17.7 Å². The Kier molecular flexibility index (Phi) is 5.65. The highest BCUT2D eigenvalue weighted by atomic mass is 16.2. The number of hydrogen-bond acceptors (Lipinski definition) is 3. The third-order valence-electron chi connectivity index (χ3n) is 6.22. The van der Waals surface area contributed by atoms with Crippen LogP contribution in [0.5, 0.6) is 0 Å². The quantitative estimate of drug-likeness (QED) is 0.639. The number of rotatable bonds is 5. The lowest BCUT2D eigenvalue weighted by atomic mass is 9.92. The molecule has 5 rings (SSSR count). The Hall–Kier alpha value is -3.93. The van der Waals surface area contributed by atoms with Crippen LogP contribution in [0.15, 0.2) is 84.7 Å². The Morgan fingerprint density at radius 2 is 2.00 bits per heavy atom. The van der Waals surface area contributed by atoms with E-state index in [9.17, 15) is 9.59 Å². The molecule has 33 heavy (non-hydrogen) atoms. The molecule has 1 unspecified atom stereocenters. The number of nitrogens with one attached hydrogen (secondary N) is 1. The van der Waals surface area contributed by atoms with Crippen LogP contribution in [0.4, 0.5) is 11.4 Å². The number of anilines is 2. The second kappa shape index (κ2) is 8.90. The monoisotopic (exact) mass is 438 g/mol. The van der Waals surface area contributed by atoms with Gasteiger partial charge in [0.15, 0.2) is 0 Å². The zero-order valence-electron chi connectivity index (χ0n) is 18.6. The van der Waals surface area contributed by atoms with Crippen LogP contribution in [0.3, 0.4) is 0 Å². The summed E-state index contributed by atoms with van der Waals surface area (Å²) in [5, 5.41) is 7.32. The van der Waals surface area contributed by atoms with Gasteiger partial charge in [-0.1, -0.05) is 55.5 Å². The average molecular weight is 439 g/mol. The van der Waals surface area contributed by atoms with Crippen molar-refractivity contribution in [1.29, 1.82) is 0 Å². The van der Waals surface area contributed by atoms with Crippen molar-refractivity contribution in [3.8, 4) is 5.69 Å². The number of aromatic nitrogens is 2. The van der Waals surface area contributed by atoms with Gasteiger partial charge < -0.3 is 10.2 Å².